The molecule has 0 aliphatic heterocycles. The van der Waals surface area contributed by atoms with E-state index in [1.165, 1.54) is 6.07 Å². The van der Waals surface area contributed by atoms with Gasteiger partial charge in [0.1, 0.15) is 11.8 Å². The molecule has 0 unspecified atom stereocenters. The van der Waals surface area contributed by atoms with Crippen LogP contribution in [0, 0.1) is 22.7 Å². The molecule has 0 heterocycles. The molecule has 4 heteroatoms. The molecule has 3 N–H and O–H groups in total. The Morgan fingerprint density at radius 1 is 1.43 bits per heavy atom. The highest BCUT2D eigenvalue weighted by molar-refractivity contribution is 5.48. The first-order valence-corrected chi connectivity index (χ1v) is 4.05. The molecule has 0 fully saturated rings. The fourth-order valence-corrected chi connectivity index (χ4v) is 1.16. The first kappa shape index (κ1) is 10.0. The fraction of sp³-hybridized carbons (Fsp3) is 0.200. The Labute approximate surface area is 81.8 Å². The average molecular weight is 187 g/mol. The second-order valence-corrected chi connectivity index (χ2v) is 2.82. The van der Waals surface area contributed by atoms with Gasteiger partial charge in [-0.1, -0.05) is 12.1 Å². The maximum absolute atomic E-state index is 9.57. The summed E-state index contributed by atoms with van der Waals surface area (Å²) >= 11 is 0. The van der Waals surface area contributed by atoms with Gasteiger partial charge in [-0.25, -0.2) is 0 Å². The summed E-state index contributed by atoms with van der Waals surface area (Å²) < 4.78 is 0. The SMILES string of the molecule is N#CC[C@H](N)c1cccc(C#N)c1O. The van der Waals surface area contributed by atoms with E-state index in [4.69, 9.17) is 16.3 Å². The fourth-order valence-electron chi connectivity index (χ4n) is 1.16. The van der Waals surface area contributed by atoms with Crippen LogP contribution in [0.3, 0.4) is 0 Å². The van der Waals surface area contributed by atoms with E-state index in [-0.39, 0.29) is 17.7 Å². The van der Waals surface area contributed by atoms with Crippen molar-refractivity contribution in [1.82, 2.24) is 0 Å². The molecule has 1 aromatic rings. The lowest BCUT2D eigenvalue weighted by atomic mass is 10.0. The van der Waals surface area contributed by atoms with Gasteiger partial charge in [-0.15, -0.1) is 0 Å². The summed E-state index contributed by atoms with van der Waals surface area (Å²) in [7, 11) is 0. The van der Waals surface area contributed by atoms with E-state index in [0.29, 0.717) is 5.56 Å². The molecule has 14 heavy (non-hydrogen) atoms. The van der Waals surface area contributed by atoms with Gasteiger partial charge < -0.3 is 10.8 Å². The first-order chi connectivity index (χ1) is 6.70. The predicted molar refractivity (Wildman–Crippen MR) is 50.0 cm³/mol. The number of benzene rings is 1. The number of phenols is 1. The molecule has 70 valence electrons. The third-order valence-electron chi connectivity index (χ3n) is 1.90. The minimum absolute atomic E-state index is 0.114. The monoisotopic (exact) mass is 187 g/mol. The van der Waals surface area contributed by atoms with Crippen LogP contribution in [0.5, 0.6) is 5.75 Å². The average Bonchev–Trinajstić information content (AvgIpc) is 2.18. The van der Waals surface area contributed by atoms with Crippen LogP contribution < -0.4 is 5.73 Å². The van der Waals surface area contributed by atoms with E-state index in [0.717, 1.165) is 0 Å². The molecular formula is C10H9N3O. The molecule has 4 nitrogen and oxygen atoms in total. The van der Waals surface area contributed by atoms with Gasteiger partial charge in [0.2, 0.25) is 0 Å². The topological polar surface area (TPSA) is 93.8 Å². The summed E-state index contributed by atoms with van der Waals surface area (Å²) in [5.41, 5.74) is 6.25. The Morgan fingerprint density at radius 2 is 2.14 bits per heavy atom. The summed E-state index contributed by atoms with van der Waals surface area (Å²) in [5, 5.41) is 26.7. The minimum Gasteiger partial charge on any atom is -0.506 e. The van der Waals surface area contributed by atoms with Crippen molar-refractivity contribution in [2.45, 2.75) is 12.5 Å². The van der Waals surface area contributed by atoms with Gasteiger partial charge in [-0.3, -0.25) is 0 Å². The summed E-state index contributed by atoms with van der Waals surface area (Å²) in [4.78, 5) is 0. The molecule has 0 aliphatic carbocycles. The molecule has 0 radical (unpaired) electrons. The van der Waals surface area contributed by atoms with Crippen molar-refractivity contribution < 1.29 is 5.11 Å². The molecule has 0 amide bonds. The van der Waals surface area contributed by atoms with Crippen LogP contribution in [0.15, 0.2) is 18.2 Å². The van der Waals surface area contributed by atoms with Crippen molar-refractivity contribution in [3.05, 3.63) is 29.3 Å². The highest BCUT2D eigenvalue weighted by Crippen LogP contribution is 2.27. The number of aromatic hydroxyl groups is 1. The van der Waals surface area contributed by atoms with Crippen LogP contribution >= 0.6 is 0 Å². The number of hydrogen-bond donors (Lipinski definition) is 2. The second kappa shape index (κ2) is 4.27. The summed E-state index contributed by atoms with van der Waals surface area (Å²) in [6.45, 7) is 0. The number of phenolic OH excluding ortho intramolecular Hbond substituents is 1. The molecule has 0 saturated heterocycles. The summed E-state index contributed by atoms with van der Waals surface area (Å²) in [6.07, 6.45) is 0.114. The van der Waals surface area contributed by atoms with Crippen molar-refractivity contribution >= 4 is 0 Å². The van der Waals surface area contributed by atoms with E-state index in [1.54, 1.807) is 12.1 Å². The van der Waals surface area contributed by atoms with Gasteiger partial charge in [0.25, 0.3) is 0 Å². The molecule has 0 saturated carbocycles. The van der Waals surface area contributed by atoms with Gasteiger partial charge in [-0.2, -0.15) is 10.5 Å². The number of nitrogens with two attached hydrogens (primary N) is 1. The molecule has 0 bridgehead atoms. The molecule has 1 atom stereocenters. The molecule has 1 rings (SSSR count). The first-order valence-electron chi connectivity index (χ1n) is 4.05. The zero-order valence-corrected chi connectivity index (χ0v) is 7.44. The zero-order valence-electron chi connectivity index (χ0n) is 7.44. The third kappa shape index (κ3) is 1.82. The molecular weight excluding hydrogens is 178 g/mol. The van der Waals surface area contributed by atoms with E-state index in [1.807, 2.05) is 12.1 Å². The highest BCUT2D eigenvalue weighted by atomic mass is 16.3. The van der Waals surface area contributed by atoms with Crippen molar-refractivity contribution in [3.8, 4) is 17.9 Å². The van der Waals surface area contributed by atoms with Crippen molar-refractivity contribution in [2.75, 3.05) is 0 Å². The third-order valence-corrected chi connectivity index (χ3v) is 1.90. The number of rotatable bonds is 2. The predicted octanol–water partition coefficient (Wildman–Crippen LogP) is 1.18. The Hall–Kier alpha value is -2.04. The largest absolute Gasteiger partial charge is 0.506 e. The molecule has 0 aromatic heterocycles. The lowest BCUT2D eigenvalue weighted by molar-refractivity contribution is 0.460. The Morgan fingerprint density at radius 3 is 2.71 bits per heavy atom. The maximum Gasteiger partial charge on any atom is 0.138 e. The Kier molecular flexibility index (Phi) is 3.06. The van der Waals surface area contributed by atoms with Crippen LogP contribution in [-0.4, -0.2) is 5.11 Å². The highest BCUT2D eigenvalue weighted by Gasteiger charge is 2.12. The summed E-state index contributed by atoms with van der Waals surface area (Å²) in [5.74, 6) is -0.127. The quantitative estimate of drug-likeness (QED) is 0.726. The summed E-state index contributed by atoms with van der Waals surface area (Å²) in [6, 6.07) is 7.94. The number of nitriles is 2. The zero-order chi connectivity index (χ0) is 10.6. The molecule has 1 aromatic carbocycles. The minimum atomic E-state index is -0.548. The number of nitrogens with zero attached hydrogens (tertiary/aromatic N) is 2. The smallest absolute Gasteiger partial charge is 0.138 e. The lowest BCUT2D eigenvalue weighted by Gasteiger charge is -2.10. The lowest BCUT2D eigenvalue weighted by Crippen LogP contribution is -2.09. The van der Waals surface area contributed by atoms with Gasteiger partial charge in [-0.05, 0) is 6.07 Å². The standard InChI is InChI=1S/C10H9N3O/c11-5-4-9(13)8-3-1-2-7(6-12)10(8)14/h1-3,9,14H,4,13H2/t9-/m0/s1. The van der Waals surface area contributed by atoms with Gasteiger partial charge in [0, 0.05) is 11.6 Å². The van der Waals surface area contributed by atoms with Crippen LogP contribution in [0.2, 0.25) is 0 Å². The Balaban J connectivity index is 3.12. The van der Waals surface area contributed by atoms with E-state index in [9.17, 15) is 5.11 Å². The van der Waals surface area contributed by atoms with Gasteiger partial charge in [0.05, 0.1) is 18.1 Å². The van der Waals surface area contributed by atoms with Crippen LogP contribution in [0.1, 0.15) is 23.6 Å². The van der Waals surface area contributed by atoms with E-state index < -0.39 is 6.04 Å². The van der Waals surface area contributed by atoms with Gasteiger partial charge >= 0.3 is 0 Å². The number of para-hydroxylation sites is 1. The Bertz CT molecular complexity index is 414. The van der Waals surface area contributed by atoms with Crippen molar-refractivity contribution in [3.63, 3.8) is 0 Å². The van der Waals surface area contributed by atoms with Crippen LogP contribution in [0.25, 0.3) is 0 Å². The van der Waals surface area contributed by atoms with E-state index >= 15 is 0 Å². The number of hydrogen-bond acceptors (Lipinski definition) is 4. The van der Waals surface area contributed by atoms with Gasteiger partial charge in [0.15, 0.2) is 0 Å². The van der Waals surface area contributed by atoms with E-state index in [2.05, 4.69) is 0 Å². The van der Waals surface area contributed by atoms with Crippen molar-refractivity contribution in [1.29, 1.82) is 10.5 Å². The normalized spacial score (nSPS) is 11.4. The van der Waals surface area contributed by atoms with Crippen molar-refractivity contribution in [2.24, 2.45) is 5.73 Å². The molecule has 0 spiro atoms. The second-order valence-electron chi connectivity index (χ2n) is 2.82. The van der Waals surface area contributed by atoms with Crippen LogP contribution in [0.4, 0.5) is 0 Å². The maximum atomic E-state index is 9.57. The molecule has 0 aliphatic rings. The van der Waals surface area contributed by atoms with Crippen LogP contribution in [-0.2, 0) is 0 Å².